The van der Waals surface area contributed by atoms with Crippen LogP contribution in [0.2, 0.25) is 0 Å². The van der Waals surface area contributed by atoms with Gasteiger partial charge in [0.1, 0.15) is 0 Å². The van der Waals surface area contributed by atoms with Crippen LogP contribution >= 0.6 is 12.2 Å². The summed E-state index contributed by atoms with van der Waals surface area (Å²) in [6.07, 6.45) is 4.69. The van der Waals surface area contributed by atoms with E-state index in [9.17, 15) is 13.2 Å². The molecule has 0 spiro atoms. The maximum absolute atomic E-state index is 13.2. The molecule has 0 atom stereocenters. The van der Waals surface area contributed by atoms with E-state index in [1.165, 1.54) is 42.1 Å². The highest BCUT2D eigenvalue weighted by molar-refractivity contribution is 7.80. The zero-order chi connectivity index (χ0) is 24.1. The van der Waals surface area contributed by atoms with Gasteiger partial charge in [-0.25, -0.2) is 0 Å². The van der Waals surface area contributed by atoms with E-state index in [2.05, 4.69) is 40.2 Å². The molecule has 0 saturated heterocycles. The summed E-state index contributed by atoms with van der Waals surface area (Å²) in [7, 11) is 0. The van der Waals surface area contributed by atoms with Crippen LogP contribution in [0.5, 0.6) is 0 Å². The van der Waals surface area contributed by atoms with Gasteiger partial charge in [0.15, 0.2) is 5.11 Å². The molecule has 1 aliphatic carbocycles. The van der Waals surface area contributed by atoms with Gasteiger partial charge in [-0.1, -0.05) is 44.4 Å². The van der Waals surface area contributed by atoms with Crippen LogP contribution in [0.1, 0.15) is 68.6 Å². The van der Waals surface area contributed by atoms with Gasteiger partial charge in [-0.05, 0) is 79.7 Å². The number of thiocarbonyl (C=S) groups is 1. The van der Waals surface area contributed by atoms with Crippen LogP contribution < -0.4 is 10.2 Å². The van der Waals surface area contributed by atoms with Crippen molar-refractivity contribution in [2.45, 2.75) is 77.1 Å². The third kappa shape index (κ3) is 6.04. The minimum Gasteiger partial charge on any atom is -0.371 e. The Morgan fingerprint density at radius 1 is 1.12 bits per heavy atom. The van der Waals surface area contributed by atoms with Crippen molar-refractivity contribution in [2.24, 2.45) is 0 Å². The van der Waals surface area contributed by atoms with Gasteiger partial charge in [-0.3, -0.25) is 0 Å². The maximum atomic E-state index is 13.2. The van der Waals surface area contributed by atoms with E-state index in [4.69, 9.17) is 12.2 Å². The molecule has 1 saturated carbocycles. The van der Waals surface area contributed by atoms with Crippen molar-refractivity contribution in [3.05, 3.63) is 59.2 Å². The van der Waals surface area contributed by atoms with Gasteiger partial charge >= 0.3 is 6.18 Å². The second-order valence-corrected chi connectivity index (χ2v) is 9.87. The van der Waals surface area contributed by atoms with Crippen LogP contribution in [0.4, 0.5) is 24.5 Å². The summed E-state index contributed by atoms with van der Waals surface area (Å²) >= 11 is 5.74. The summed E-state index contributed by atoms with van der Waals surface area (Å²) in [5.41, 5.74) is 3.65. The number of halogens is 3. The molecule has 0 radical (unpaired) electrons. The predicted molar refractivity (Wildman–Crippen MR) is 137 cm³/mol. The van der Waals surface area contributed by atoms with Crippen LogP contribution in [0.25, 0.3) is 0 Å². The van der Waals surface area contributed by atoms with E-state index in [1.54, 1.807) is 6.07 Å². The third-order valence-electron chi connectivity index (χ3n) is 6.96. The molecule has 1 aliphatic heterocycles. The van der Waals surface area contributed by atoms with Crippen molar-refractivity contribution in [3.8, 4) is 0 Å². The molecular formula is C27H34F3N3S. The van der Waals surface area contributed by atoms with Crippen LogP contribution in [0.15, 0.2) is 42.5 Å². The first-order valence-electron chi connectivity index (χ1n) is 12.5. The molecule has 3 nitrogen and oxygen atoms in total. The van der Waals surface area contributed by atoms with Crippen LogP contribution in [0.3, 0.4) is 0 Å². The molecule has 2 aliphatic rings. The van der Waals surface area contributed by atoms with Crippen molar-refractivity contribution in [3.63, 3.8) is 0 Å². The van der Waals surface area contributed by atoms with E-state index < -0.39 is 11.7 Å². The number of aryl methyl sites for hydroxylation is 1. The number of rotatable bonds is 7. The fourth-order valence-corrected chi connectivity index (χ4v) is 5.49. The average molecular weight is 490 g/mol. The first kappa shape index (κ1) is 24.8. The number of nitrogens with zero attached hydrogens (tertiary/aromatic N) is 2. The lowest BCUT2D eigenvalue weighted by Crippen LogP contribution is -2.41. The van der Waals surface area contributed by atoms with E-state index in [0.717, 1.165) is 57.3 Å². The number of nitrogens with one attached hydrogen (secondary N) is 1. The molecule has 0 amide bonds. The second-order valence-electron chi connectivity index (χ2n) is 9.48. The standard InChI is InChI=1S/C27H34F3N3S/c1-2-3-15-32-16-7-8-21-17-20(13-14-25(21)32)19-33(24-11-4-5-12-24)26(34)31-23-10-6-9-22(18-23)27(28,29)30/h6,9-10,13-14,17-18,24H,2-5,7-8,11-12,15-16,19H2,1H3,(H,31,34). The lowest BCUT2D eigenvalue weighted by Gasteiger charge is -2.34. The van der Waals surface area contributed by atoms with Gasteiger partial charge in [0, 0.05) is 37.1 Å². The zero-order valence-corrected chi connectivity index (χ0v) is 20.7. The summed E-state index contributed by atoms with van der Waals surface area (Å²) in [5, 5.41) is 3.59. The Morgan fingerprint density at radius 2 is 1.91 bits per heavy atom. The molecule has 1 heterocycles. The molecule has 0 bridgehead atoms. The quantitative estimate of drug-likeness (QED) is 0.408. The number of fused-ring (bicyclic) bond motifs is 1. The van der Waals surface area contributed by atoms with Gasteiger partial charge in [0.2, 0.25) is 0 Å². The second kappa shape index (κ2) is 11.0. The Balaban J connectivity index is 1.52. The summed E-state index contributed by atoms with van der Waals surface area (Å²) in [5.74, 6) is 0. The monoisotopic (exact) mass is 489 g/mol. The van der Waals surface area contributed by atoms with Gasteiger partial charge in [-0.2, -0.15) is 13.2 Å². The molecule has 1 N–H and O–H groups in total. The third-order valence-corrected chi connectivity index (χ3v) is 7.30. The molecule has 7 heteroatoms. The SMILES string of the molecule is CCCCN1CCCc2cc(CN(C(=S)Nc3cccc(C(F)(F)F)c3)C3CCCC3)ccc21. The molecule has 4 rings (SSSR count). The number of unbranched alkanes of at least 4 members (excludes halogenated alkanes) is 1. The fraction of sp³-hybridized carbons (Fsp3) is 0.519. The molecule has 184 valence electrons. The molecule has 34 heavy (non-hydrogen) atoms. The van der Waals surface area contributed by atoms with E-state index in [1.807, 2.05) is 0 Å². The minimum absolute atomic E-state index is 0.308. The summed E-state index contributed by atoms with van der Waals surface area (Å²) in [6, 6.07) is 12.3. The van der Waals surface area contributed by atoms with E-state index >= 15 is 0 Å². The van der Waals surface area contributed by atoms with Crippen molar-refractivity contribution in [2.75, 3.05) is 23.3 Å². The Labute approximate surface area is 206 Å². The minimum atomic E-state index is -4.38. The van der Waals surface area contributed by atoms with Gasteiger partial charge < -0.3 is 15.1 Å². The number of anilines is 2. The molecule has 2 aromatic carbocycles. The lowest BCUT2D eigenvalue weighted by molar-refractivity contribution is -0.137. The molecule has 2 aromatic rings. The summed E-state index contributed by atoms with van der Waals surface area (Å²) in [6.45, 7) is 5.10. The Kier molecular flexibility index (Phi) is 8.02. The number of hydrogen-bond donors (Lipinski definition) is 1. The Morgan fingerprint density at radius 3 is 2.65 bits per heavy atom. The highest BCUT2D eigenvalue weighted by atomic mass is 32.1. The maximum Gasteiger partial charge on any atom is 0.416 e. The van der Waals surface area contributed by atoms with Crippen LogP contribution in [0, 0.1) is 0 Å². The summed E-state index contributed by atoms with van der Waals surface area (Å²) in [4.78, 5) is 4.68. The first-order chi connectivity index (χ1) is 16.3. The van der Waals surface area contributed by atoms with Crippen molar-refractivity contribution in [1.82, 2.24) is 4.90 Å². The summed E-state index contributed by atoms with van der Waals surface area (Å²) < 4.78 is 39.5. The highest BCUT2D eigenvalue weighted by Crippen LogP contribution is 2.32. The van der Waals surface area contributed by atoms with Crippen LogP contribution in [-0.4, -0.2) is 29.1 Å². The normalized spacial score (nSPS) is 16.4. The number of alkyl halides is 3. The van der Waals surface area contributed by atoms with Crippen molar-refractivity contribution in [1.29, 1.82) is 0 Å². The number of benzene rings is 2. The fourth-order valence-electron chi connectivity index (χ4n) is 5.16. The first-order valence-corrected chi connectivity index (χ1v) is 12.9. The molecule has 0 unspecified atom stereocenters. The Hall–Kier alpha value is -2.28. The van der Waals surface area contributed by atoms with Gasteiger partial charge in [-0.15, -0.1) is 0 Å². The van der Waals surface area contributed by atoms with Crippen molar-refractivity contribution < 1.29 is 13.2 Å². The molecule has 0 aromatic heterocycles. The van der Waals surface area contributed by atoms with Gasteiger partial charge in [0.05, 0.1) is 5.56 Å². The van der Waals surface area contributed by atoms with Crippen LogP contribution in [-0.2, 0) is 19.1 Å². The van der Waals surface area contributed by atoms with Crippen molar-refractivity contribution >= 4 is 28.7 Å². The smallest absolute Gasteiger partial charge is 0.371 e. The predicted octanol–water partition coefficient (Wildman–Crippen LogP) is 7.40. The largest absolute Gasteiger partial charge is 0.416 e. The zero-order valence-electron chi connectivity index (χ0n) is 19.8. The van der Waals surface area contributed by atoms with E-state index in [0.29, 0.717) is 23.4 Å². The molecular weight excluding hydrogens is 455 g/mol. The topological polar surface area (TPSA) is 18.5 Å². The van der Waals surface area contributed by atoms with E-state index in [-0.39, 0.29) is 0 Å². The number of hydrogen-bond acceptors (Lipinski definition) is 2. The molecule has 1 fully saturated rings. The highest BCUT2D eigenvalue weighted by Gasteiger charge is 2.31. The average Bonchev–Trinajstić information content (AvgIpc) is 3.35. The van der Waals surface area contributed by atoms with Gasteiger partial charge in [0.25, 0.3) is 0 Å². The Bertz CT molecular complexity index is 985. The lowest BCUT2D eigenvalue weighted by atomic mass is 9.98.